The van der Waals surface area contributed by atoms with E-state index in [9.17, 15) is 15.0 Å². The van der Waals surface area contributed by atoms with E-state index in [0.29, 0.717) is 0 Å². The lowest BCUT2D eigenvalue weighted by atomic mass is 9.83. The lowest BCUT2D eigenvalue weighted by Crippen LogP contribution is -2.18. The number of nitrogen functional groups attached to an aromatic ring is 1. The Morgan fingerprint density at radius 1 is 1.18 bits per heavy atom. The van der Waals surface area contributed by atoms with Gasteiger partial charge in [-0.2, -0.15) is 0 Å². The molecule has 0 radical (unpaired) electrons. The number of hydrogen-bond acceptors (Lipinski definition) is 4. The van der Waals surface area contributed by atoms with Gasteiger partial charge in [0, 0.05) is 5.92 Å². The molecule has 4 nitrogen and oxygen atoms in total. The Bertz CT molecular complexity index is 437. The van der Waals surface area contributed by atoms with Crippen LogP contribution in [0.2, 0.25) is 0 Å². The van der Waals surface area contributed by atoms with Crippen molar-refractivity contribution >= 4 is 11.5 Å². The van der Waals surface area contributed by atoms with Gasteiger partial charge in [-0.15, -0.1) is 0 Å². The van der Waals surface area contributed by atoms with Gasteiger partial charge in [-0.25, -0.2) is 0 Å². The van der Waals surface area contributed by atoms with Crippen LogP contribution in [-0.2, 0) is 0 Å². The summed E-state index contributed by atoms with van der Waals surface area (Å²) in [4.78, 5) is 12.2. The highest BCUT2D eigenvalue weighted by atomic mass is 16.3. The van der Waals surface area contributed by atoms with Crippen molar-refractivity contribution in [3.63, 3.8) is 0 Å². The van der Waals surface area contributed by atoms with Gasteiger partial charge in [-0.1, -0.05) is 19.3 Å². The summed E-state index contributed by atoms with van der Waals surface area (Å²) in [5, 5.41) is 19.1. The van der Waals surface area contributed by atoms with Crippen molar-refractivity contribution in [2.24, 2.45) is 5.92 Å². The molecule has 4 N–H and O–H groups in total. The number of carbonyl (C=O) groups excluding carboxylic acids is 1. The van der Waals surface area contributed by atoms with Gasteiger partial charge < -0.3 is 15.9 Å². The summed E-state index contributed by atoms with van der Waals surface area (Å²) in [5.74, 6) is -0.559. The van der Waals surface area contributed by atoms with E-state index in [4.69, 9.17) is 5.73 Å². The monoisotopic (exact) mass is 235 g/mol. The zero-order valence-electron chi connectivity index (χ0n) is 9.65. The Morgan fingerprint density at radius 2 is 1.82 bits per heavy atom. The molecule has 0 spiro atoms. The molecule has 0 bridgehead atoms. The summed E-state index contributed by atoms with van der Waals surface area (Å²) < 4.78 is 0. The molecule has 1 aliphatic rings. The van der Waals surface area contributed by atoms with Crippen molar-refractivity contribution in [1.29, 1.82) is 0 Å². The van der Waals surface area contributed by atoms with Gasteiger partial charge >= 0.3 is 0 Å². The number of Topliss-reactive ketones (excluding diaryl/α,β-unsaturated/α-hetero) is 1. The summed E-state index contributed by atoms with van der Waals surface area (Å²) in [7, 11) is 0. The van der Waals surface area contributed by atoms with E-state index in [1.54, 1.807) is 0 Å². The Morgan fingerprint density at radius 3 is 2.47 bits per heavy atom. The first-order valence-electron chi connectivity index (χ1n) is 5.96. The smallest absolute Gasteiger partial charge is 0.169 e. The van der Waals surface area contributed by atoms with Gasteiger partial charge in [-0.3, -0.25) is 4.79 Å². The van der Waals surface area contributed by atoms with Crippen LogP contribution in [0.1, 0.15) is 42.5 Å². The normalized spacial score (nSPS) is 16.9. The fourth-order valence-corrected chi connectivity index (χ4v) is 2.38. The van der Waals surface area contributed by atoms with Gasteiger partial charge in [0.2, 0.25) is 0 Å². The first kappa shape index (κ1) is 11.8. The molecule has 4 heteroatoms. The minimum atomic E-state index is -0.291. The van der Waals surface area contributed by atoms with E-state index < -0.39 is 0 Å². The number of hydrogen-bond donors (Lipinski definition) is 3. The third-order valence-corrected chi connectivity index (χ3v) is 3.44. The molecule has 0 heterocycles. The second-order valence-electron chi connectivity index (χ2n) is 4.59. The van der Waals surface area contributed by atoms with Crippen LogP contribution in [0.4, 0.5) is 5.69 Å². The van der Waals surface area contributed by atoms with Crippen molar-refractivity contribution in [2.75, 3.05) is 5.73 Å². The minimum absolute atomic E-state index is 0.0152. The molecular formula is C13H17NO3. The summed E-state index contributed by atoms with van der Waals surface area (Å²) in [5.41, 5.74) is 5.61. The molecular weight excluding hydrogens is 218 g/mol. The molecule has 1 aromatic rings. The van der Waals surface area contributed by atoms with Crippen LogP contribution >= 0.6 is 0 Å². The lowest BCUT2D eigenvalue weighted by molar-refractivity contribution is 0.0887. The van der Waals surface area contributed by atoms with Gasteiger partial charge in [0.05, 0.1) is 5.56 Å². The second-order valence-corrected chi connectivity index (χ2v) is 4.59. The van der Waals surface area contributed by atoms with Crippen LogP contribution in [-0.4, -0.2) is 16.0 Å². The molecule has 0 aliphatic heterocycles. The van der Waals surface area contributed by atoms with Crippen LogP contribution in [0.5, 0.6) is 11.5 Å². The number of carbonyl (C=O) groups is 1. The molecule has 0 amide bonds. The molecule has 1 fully saturated rings. The topological polar surface area (TPSA) is 83.5 Å². The van der Waals surface area contributed by atoms with E-state index in [-0.39, 0.29) is 34.5 Å². The first-order chi connectivity index (χ1) is 8.11. The molecule has 0 aromatic heterocycles. The number of aromatic hydroxyl groups is 2. The van der Waals surface area contributed by atoms with Crippen LogP contribution in [0.15, 0.2) is 12.1 Å². The maximum Gasteiger partial charge on any atom is 0.169 e. The standard InChI is InChI=1S/C13H17NO3/c14-11-10(15)7-6-9(13(11)17)12(16)8-4-2-1-3-5-8/h6-8,15,17H,1-5,14H2. The van der Waals surface area contributed by atoms with Gasteiger partial charge in [0.15, 0.2) is 11.5 Å². The van der Waals surface area contributed by atoms with E-state index in [1.165, 1.54) is 18.6 Å². The molecule has 2 rings (SSSR count). The van der Waals surface area contributed by atoms with Crippen molar-refractivity contribution in [2.45, 2.75) is 32.1 Å². The molecule has 0 saturated heterocycles. The number of ketones is 1. The predicted molar refractivity (Wildman–Crippen MR) is 65.1 cm³/mol. The summed E-state index contributed by atoms with van der Waals surface area (Å²) in [6.45, 7) is 0. The fourth-order valence-electron chi connectivity index (χ4n) is 2.38. The summed E-state index contributed by atoms with van der Waals surface area (Å²) in [6.07, 6.45) is 5.04. The van der Waals surface area contributed by atoms with Crippen molar-refractivity contribution in [1.82, 2.24) is 0 Å². The maximum atomic E-state index is 12.2. The highest BCUT2D eigenvalue weighted by Gasteiger charge is 2.25. The highest BCUT2D eigenvalue weighted by molar-refractivity contribution is 6.02. The highest BCUT2D eigenvalue weighted by Crippen LogP contribution is 2.36. The molecule has 0 unspecified atom stereocenters. The van der Waals surface area contributed by atoms with Crippen molar-refractivity contribution in [3.05, 3.63) is 17.7 Å². The van der Waals surface area contributed by atoms with Crippen molar-refractivity contribution in [3.8, 4) is 11.5 Å². The number of benzene rings is 1. The molecule has 0 atom stereocenters. The number of nitrogens with two attached hydrogens (primary N) is 1. The van der Waals surface area contributed by atoms with Crippen LogP contribution in [0.25, 0.3) is 0 Å². The molecule has 1 saturated carbocycles. The van der Waals surface area contributed by atoms with E-state index in [1.807, 2.05) is 0 Å². The second kappa shape index (κ2) is 4.65. The number of anilines is 1. The van der Waals surface area contributed by atoms with E-state index >= 15 is 0 Å². The van der Waals surface area contributed by atoms with Crippen LogP contribution in [0, 0.1) is 5.92 Å². The quantitative estimate of drug-likeness (QED) is 0.417. The van der Waals surface area contributed by atoms with E-state index in [2.05, 4.69) is 0 Å². The average molecular weight is 235 g/mol. The Hall–Kier alpha value is -1.71. The molecule has 17 heavy (non-hydrogen) atoms. The predicted octanol–water partition coefficient (Wildman–Crippen LogP) is 2.44. The van der Waals surface area contributed by atoms with Gasteiger partial charge in [0.1, 0.15) is 11.4 Å². The zero-order chi connectivity index (χ0) is 12.4. The summed E-state index contributed by atoms with van der Waals surface area (Å²) in [6, 6.07) is 2.79. The third-order valence-electron chi connectivity index (χ3n) is 3.44. The first-order valence-corrected chi connectivity index (χ1v) is 5.96. The Kier molecular flexibility index (Phi) is 3.22. The fraction of sp³-hybridized carbons (Fsp3) is 0.462. The maximum absolute atomic E-state index is 12.2. The van der Waals surface area contributed by atoms with E-state index in [0.717, 1.165) is 25.7 Å². The SMILES string of the molecule is Nc1c(O)ccc(C(=O)C2CCCCC2)c1O. The zero-order valence-corrected chi connectivity index (χ0v) is 9.65. The lowest BCUT2D eigenvalue weighted by Gasteiger charge is -2.21. The Balaban J connectivity index is 2.27. The molecule has 1 aliphatic carbocycles. The Labute approximate surface area is 100 Å². The van der Waals surface area contributed by atoms with Crippen molar-refractivity contribution < 1.29 is 15.0 Å². The summed E-state index contributed by atoms with van der Waals surface area (Å²) >= 11 is 0. The van der Waals surface area contributed by atoms with Crippen LogP contribution in [0.3, 0.4) is 0 Å². The number of phenols is 2. The average Bonchev–Trinajstić information content (AvgIpc) is 2.36. The number of phenolic OH excluding ortho intramolecular Hbond substituents is 2. The third kappa shape index (κ3) is 2.20. The molecule has 1 aromatic carbocycles. The molecule has 92 valence electrons. The van der Waals surface area contributed by atoms with Crippen LogP contribution < -0.4 is 5.73 Å². The van der Waals surface area contributed by atoms with Gasteiger partial charge in [-0.05, 0) is 25.0 Å². The van der Waals surface area contributed by atoms with Gasteiger partial charge in [0.25, 0.3) is 0 Å². The minimum Gasteiger partial charge on any atom is -0.506 e. The number of rotatable bonds is 2. The largest absolute Gasteiger partial charge is 0.506 e.